The molecule has 0 saturated heterocycles. The van der Waals surface area contributed by atoms with Crippen LogP contribution in [0.25, 0.3) is 0 Å². The summed E-state index contributed by atoms with van der Waals surface area (Å²) in [6, 6.07) is 4.94. The molecule has 1 aromatic rings. The van der Waals surface area contributed by atoms with Gasteiger partial charge in [0.25, 0.3) is 0 Å². The lowest BCUT2D eigenvalue weighted by Crippen LogP contribution is -2.21. The van der Waals surface area contributed by atoms with Crippen LogP contribution in [-0.2, 0) is 4.79 Å². The molecule has 0 saturated carbocycles. The first-order valence-electron chi connectivity index (χ1n) is 6.32. The van der Waals surface area contributed by atoms with E-state index in [1.54, 1.807) is 18.3 Å². The van der Waals surface area contributed by atoms with Crippen molar-refractivity contribution in [1.82, 2.24) is 5.32 Å². The van der Waals surface area contributed by atoms with Crippen LogP contribution in [0.1, 0.15) is 19.4 Å². The fraction of sp³-hybridized carbons (Fsp3) is 0.267. The summed E-state index contributed by atoms with van der Waals surface area (Å²) in [5, 5.41) is 5.90. The van der Waals surface area contributed by atoms with E-state index in [4.69, 9.17) is 0 Å². The Morgan fingerprint density at radius 2 is 2.11 bits per heavy atom. The smallest absolute Gasteiger partial charge is 0.151 e. The average Bonchev–Trinajstić information content (AvgIpc) is 2.45. The molecule has 0 aromatic heterocycles. The Bertz CT molecular complexity index is 507. The summed E-state index contributed by atoms with van der Waals surface area (Å²) in [7, 11) is 0. The number of dihydropyridines is 1. The zero-order valence-corrected chi connectivity index (χ0v) is 11.5. The Morgan fingerprint density at radius 3 is 2.74 bits per heavy atom. The number of allylic oxidation sites excluding steroid dienone is 2. The number of hydrogen-bond donors (Lipinski definition) is 2. The molecule has 4 heteroatoms. The van der Waals surface area contributed by atoms with Gasteiger partial charge in [0.1, 0.15) is 5.82 Å². The first kappa shape index (κ1) is 15.0. The number of benzene rings is 1. The SMILES string of the molecule is CC.Cc1ccc(NC2=C(C=O)C=CNC2)c(F)c1. The van der Waals surface area contributed by atoms with Crippen molar-refractivity contribution in [1.29, 1.82) is 0 Å². The van der Waals surface area contributed by atoms with Crippen LogP contribution in [0.4, 0.5) is 10.1 Å². The minimum absolute atomic E-state index is 0.322. The lowest BCUT2D eigenvalue weighted by atomic mass is 10.1. The van der Waals surface area contributed by atoms with Gasteiger partial charge in [0.05, 0.1) is 12.2 Å². The molecule has 0 amide bonds. The van der Waals surface area contributed by atoms with E-state index in [9.17, 15) is 9.18 Å². The second-order valence-electron chi connectivity index (χ2n) is 3.87. The molecule has 1 aliphatic heterocycles. The Balaban J connectivity index is 0.000000861. The third kappa shape index (κ3) is 3.95. The molecule has 0 bridgehead atoms. The van der Waals surface area contributed by atoms with Crippen molar-refractivity contribution in [2.24, 2.45) is 0 Å². The number of rotatable bonds is 3. The molecular weight excluding hydrogens is 243 g/mol. The number of carbonyl (C=O) groups is 1. The number of carbonyl (C=O) groups excluding carboxylic acids is 1. The first-order valence-corrected chi connectivity index (χ1v) is 6.32. The van der Waals surface area contributed by atoms with Crippen molar-refractivity contribution in [2.45, 2.75) is 20.8 Å². The van der Waals surface area contributed by atoms with Gasteiger partial charge in [-0.1, -0.05) is 19.9 Å². The molecule has 0 fully saturated rings. The summed E-state index contributed by atoms with van der Waals surface area (Å²) < 4.78 is 13.6. The van der Waals surface area contributed by atoms with Crippen LogP contribution in [-0.4, -0.2) is 12.8 Å². The van der Waals surface area contributed by atoms with E-state index in [1.807, 2.05) is 26.8 Å². The van der Waals surface area contributed by atoms with E-state index >= 15 is 0 Å². The maximum absolute atomic E-state index is 13.6. The molecule has 102 valence electrons. The van der Waals surface area contributed by atoms with Crippen molar-refractivity contribution in [3.63, 3.8) is 0 Å². The van der Waals surface area contributed by atoms with Gasteiger partial charge in [0.2, 0.25) is 0 Å². The van der Waals surface area contributed by atoms with E-state index in [0.717, 1.165) is 11.8 Å². The average molecular weight is 262 g/mol. The van der Waals surface area contributed by atoms with Crippen LogP contribution >= 0.6 is 0 Å². The minimum Gasteiger partial charge on any atom is -0.385 e. The first-order chi connectivity index (χ1) is 9.20. The van der Waals surface area contributed by atoms with Gasteiger partial charge < -0.3 is 10.6 Å². The normalized spacial score (nSPS) is 13.3. The van der Waals surface area contributed by atoms with Crippen LogP contribution in [0.3, 0.4) is 0 Å². The standard InChI is InChI=1S/C13H13FN2O.C2H6/c1-9-2-3-12(11(14)6-9)16-13-7-15-5-4-10(13)8-17;1-2/h2-6,8,15-16H,7H2,1H3;1-2H3. The predicted octanol–water partition coefficient (Wildman–Crippen LogP) is 3.14. The summed E-state index contributed by atoms with van der Waals surface area (Å²) in [4.78, 5) is 10.8. The Hall–Kier alpha value is -2.10. The topological polar surface area (TPSA) is 41.1 Å². The van der Waals surface area contributed by atoms with Crippen molar-refractivity contribution in [3.05, 3.63) is 53.1 Å². The number of anilines is 1. The number of aryl methyl sites for hydroxylation is 1. The molecule has 2 rings (SSSR count). The number of nitrogens with one attached hydrogen (secondary N) is 2. The van der Waals surface area contributed by atoms with Crippen molar-refractivity contribution in [2.75, 3.05) is 11.9 Å². The molecule has 1 aliphatic rings. The van der Waals surface area contributed by atoms with E-state index in [-0.39, 0.29) is 5.82 Å². The number of aldehydes is 1. The van der Waals surface area contributed by atoms with Gasteiger partial charge >= 0.3 is 0 Å². The van der Waals surface area contributed by atoms with Crippen LogP contribution in [0.2, 0.25) is 0 Å². The highest BCUT2D eigenvalue weighted by Crippen LogP contribution is 2.19. The van der Waals surface area contributed by atoms with Gasteiger partial charge in [-0.15, -0.1) is 0 Å². The molecule has 2 N–H and O–H groups in total. The zero-order valence-electron chi connectivity index (χ0n) is 11.5. The highest BCUT2D eigenvalue weighted by molar-refractivity contribution is 5.80. The molecule has 0 aliphatic carbocycles. The van der Waals surface area contributed by atoms with E-state index in [0.29, 0.717) is 23.5 Å². The van der Waals surface area contributed by atoms with Crippen LogP contribution < -0.4 is 10.6 Å². The molecule has 1 heterocycles. The molecule has 0 atom stereocenters. The lowest BCUT2D eigenvalue weighted by Gasteiger charge is -2.16. The molecule has 3 nitrogen and oxygen atoms in total. The third-order valence-electron chi connectivity index (χ3n) is 2.55. The van der Waals surface area contributed by atoms with Crippen LogP contribution in [0.5, 0.6) is 0 Å². The maximum Gasteiger partial charge on any atom is 0.151 e. The van der Waals surface area contributed by atoms with E-state index < -0.39 is 0 Å². The fourth-order valence-corrected chi connectivity index (χ4v) is 1.62. The van der Waals surface area contributed by atoms with Gasteiger partial charge in [-0.05, 0) is 36.9 Å². The highest BCUT2D eigenvalue weighted by atomic mass is 19.1. The van der Waals surface area contributed by atoms with Gasteiger partial charge in [-0.3, -0.25) is 4.79 Å². The predicted molar refractivity (Wildman–Crippen MR) is 76.3 cm³/mol. The monoisotopic (exact) mass is 262 g/mol. The Kier molecular flexibility index (Phi) is 5.79. The summed E-state index contributed by atoms with van der Waals surface area (Å²) in [6.07, 6.45) is 4.11. The quantitative estimate of drug-likeness (QED) is 0.822. The second kappa shape index (κ2) is 7.36. The highest BCUT2D eigenvalue weighted by Gasteiger charge is 2.10. The number of halogens is 1. The molecule has 0 unspecified atom stereocenters. The Labute approximate surface area is 113 Å². The van der Waals surface area contributed by atoms with E-state index in [2.05, 4.69) is 10.6 Å². The van der Waals surface area contributed by atoms with Crippen LogP contribution in [0, 0.1) is 12.7 Å². The Morgan fingerprint density at radius 1 is 1.37 bits per heavy atom. The number of hydrogen-bond acceptors (Lipinski definition) is 3. The van der Waals surface area contributed by atoms with Gasteiger partial charge in [0, 0.05) is 11.3 Å². The summed E-state index contributed by atoms with van der Waals surface area (Å²) >= 11 is 0. The largest absolute Gasteiger partial charge is 0.385 e. The molecule has 19 heavy (non-hydrogen) atoms. The van der Waals surface area contributed by atoms with Gasteiger partial charge in [-0.2, -0.15) is 0 Å². The molecule has 1 aromatic carbocycles. The van der Waals surface area contributed by atoms with Gasteiger partial charge in [0.15, 0.2) is 6.29 Å². The van der Waals surface area contributed by atoms with Gasteiger partial charge in [-0.25, -0.2) is 4.39 Å². The molecule has 0 radical (unpaired) electrons. The zero-order chi connectivity index (χ0) is 14.3. The van der Waals surface area contributed by atoms with Crippen molar-refractivity contribution in [3.8, 4) is 0 Å². The van der Waals surface area contributed by atoms with Crippen LogP contribution in [0.15, 0.2) is 41.7 Å². The maximum atomic E-state index is 13.6. The summed E-state index contributed by atoms with van der Waals surface area (Å²) in [5.41, 5.74) is 2.44. The summed E-state index contributed by atoms with van der Waals surface area (Å²) in [6.45, 7) is 6.31. The molecule has 0 spiro atoms. The second-order valence-corrected chi connectivity index (χ2v) is 3.87. The van der Waals surface area contributed by atoms with Crippen molar-refractivity contribution >= 4 is 12.0 Å². The third-order valence-corrected chi connectivity index (χ3v) is 2.55. The van der Waals surface area contributed by atoms with E-state index in [1.165, 1.54) is 6.07 Å². The minimum atomic E-state index is -0.322. The van der Waals surface area contributed by atoms with Crippen molar-refractivity contribution < 1.29 is 9.18 Å². The summed E-state index contributed by atoms with van der Waals surface area (Å²) in [5.74, 6) is -0.322. The fourth-order valence-electron chi connectivity index (χ4n) is 1.62. The lowest BCUT2D eigenvalue weighted by molar-refractivity contribution is -0.104. The molecular formula is C15H19FN2O.